The molecule has 0 atom stereocenters. The van der Waals surface area contributed by atoms with Crippen molar-refractivity contribution in [3.8, 4) is 0 Å². The summed E-state index contributed by atoms with van der Waals surface area (Å²) in [4.78, 5) is 18.3. The van der Waals surface area contributed by atoms with E-state index in [1.807, 2.05) is 4.90 Å². The van der Waals surface area contributed by atoms with E-state index in [-0.39, 0.29) is 11.3 Å². The van der Waals surface area contributed by atoms with Gasteiger partial charge in [-0.3, -0.25) is 9.78 Å². The number of carbonyl (C=O) groups excluding carboxylic acids is 1. The quantitative estimate of drug-likeness (QED) is 0.840. The molecule has 0 bridgehead atoms. The van der Waals surface area contributed by atoms with Gasteiger partial charge < -0.3 is 10.6 Å². The van der Waals surface area contributed by atoms with E-state index in [4.69, 9.17) is 5.73 Å². The zero-order valence-corrected chi connectivity index (χ0v) is 10.4. The van der Waals surface area contributed by atoms with Gasteiger partial charge in [0.2, 0.25) is 0 Å². The fourth-order valence-electron chi connectivity index (χ4n) is 2.19. The molecule has 0 saturated carbocycles. The van der Waals surface area contributed by atoms with Crippen LogP contribution in [0.4, 0.5) is 0 Å². The fourth-order valence-corrected chi connectivity index (χ4v) is 2.19. The van der Waals surface area contributed by atoms with Gasteiger partial charge in [0.25, 0.3) is 5.91 Å². The summed E-state index contributed by atoms with van der Waals surface area (Å²) in [6.45, 7) is 6.42. The molecule has 0 radical (unpaired) electrons. The minimum absolute atomic E-state index is 0.0904. The minimum Gasteiger partial charge on any atom is -0.338 e. The van der Waals surface area contributed by atoms with Crippen molar-refractivity contribution in [2.45, 2.75) is 26.8 Å². The molecule has 4 heteroatoms. The molecule has 2 rings (SSSR count). The highest BCUT2D eigenvalue weighted by Crippen LogP contribution is 2.29. The highest BCUT2D eigenvalue weighted by atomic mass is 16.2. The van der Waals surface area contributed by atoms with Crippen LogP contribution in [0, 0.1) is 5.41 Å². The van der Waals surface area contributed by atoms with Crippen molar-refractivity contribution in [1.82, 2.24) is 9.88 Å². The maximum absolute atomic E-state index is 12.3. The number of carbonyl (C=O) groups is 1. The Morgan fingerprint density at radius 3 is 2.94 bits per heavy atom. The van der Waals surface area contributed by atoms with E-state index in [1.165, 1.54) is 0 Å². The average molecular weight is 233 g/mol. The highest BCUT2D eigenvalue weighted by Gasteiger charge is 2.32. The fraction of sp³-hybridized carbons (Fsp3) is 0.538. The Hall–Kier alpha value is -1.42. The lowest BCUT2D eigenvalue weighted by molar-refractivity contribution is 0.0778. The molecule has 4 nitrogen and oxygen atoms in total. The highest BCUT2D eigenvalue weighted by molar-refractivity contribution is 5.94. The summed E-state index contributed by atoms with van der Waals surface area (Å²) in [5.41, 5.74) is 7.21. The van der Waals surface area contributed by atoms with E-state index >= 15 is 0 Å². The largest absolute Gasteiger partial charge is 0.338 e. The Morgan fingerprint density at radius 2 is 2.35 bits per heavy atom. The van der Waals surface area contributed by atoms with E-state index in [0.717, 1.165) is 25.2 Å². The molecule has 1 amide bonds. The predicted octanol–water partition coefficient (Wildman–Crippen LogP) is 1.41. The molecule has 1 saturated heterocycles. The van der Waals surface area contributed by atoms with Crippen molar-refractivity contribution < 1.29 is 4.79 Å². The summed E-state index contributed by atoms with van der Waals surface area (Å²) in [6.07, 6.45) is 2.71. The maximum atomic E-state index is 12.3. The lowest BCUT2D eigenvalue weighted by Gasteiger charge is -2.20. The Bertz CT molecular complexity index is 428. The smallest absolute Gasteiger partial charge is 0.253 e. The van der Waals surface area contributed by atoms with Crippen LogP contribution < -0.4 is 5.73 Å². The van der Waals surface area contributed by atoms with Gasteiger partial charge in [-0.2, -0.15) is 0 Å². The monoisotopic (exact) mass is 233 g/mol. The molecule has 17 heavy (non-hydrogen) atoms. The molecule has 1 aliphatic heterocycles. The van der Waals surface area contributed by atoms with E-state index in [0.29, 0.717) is 12.1 Å². The number of nitrogens with two attached hydrogens (primary N) is 1. The molecule has 0 unspecified atom stereocenters. The van der Waals surface area contributed by atoms with Crippen LogP contribution in [0.2, 0.25) is 0 Å². The molecule has 1 fully saturated rings. The van der Waals surface area contributed by atoms with Crippen LogP contribution in [0.5, 0.6) is 0 Å². The first-order valence-corrected chi connectivity index (χ1v) is 5.96. The van der Waals surface area contributed by atoms with Crippen molar-refractivity contribution in [2.75, 3.05) is 13.1 Å². The summed E-state index contributed by atoms with van der Waals surface area (Å²) < 4.78 is 0. The SMILES string of the molecule is CC1(C)CCN(C(=O)c2ccnc(CN)c2)C1. The van der Waals surface area contributed by atoms with Crippen LogP contribution in [0.25, 0.3) is 0 Å². The molecule has 0 aliphatic carbocycles. The number of likely N-dealkylation sites (tertiary alicyclic amines) is 1. The van der Waals surface area contributed by atoms with Crippen molar-refractivity contribution in [1.29, 1.82) is 0 Å². The molecule has 1 aromatic heterocycles. The van der Waals surface area contributed by atoms with Crippen molar-refractivity contribution in [2.24, 2.45) is 11.1 Å². The summed E-state index contributed by atoms with van der Waals surface area (Å²) >= 11 is 0. The molecular weight excluding hydrogens is 214 g/mol. The molecule has 1 aliphatic rings. The topological polar surface area (TPSA) is 59.2 Å². The van der Waals surface area contributed by atoms with Crippen molar-refractivity contribution in [3.63, 3.8) is 0 Å². The molecule has 1 aromatic rings. The third kappa shape index (κ3) is 2.64. The molecule has 92 valence electrons. The Kier molecular flexibility index (Phi) is 3.15. The Morgan fingerprint density at radius 1 is 1.59 bits per heavy atom. The van der Waals surface area contributed by atoms with Gasteiger partial charge in [0.1, 0.15) is 0 Å². The van der Waals surface area contributed by atoms with E-state index in [2.05, 4.69) is 18.8 Å². The first-order chi connectivity index (χ1) is 8.02. The Balaban J connectivity index is 2.15. The molecule has 2 N–H and O–H groups in total. The second-order valence-corrected chi connectivity index (χ2v) is 5.38. The zero-order chi connectivity index (χ0) is 12.5. The summed E-state index contributed by atoms with van der Waals surface area (Å²) in [6, 6.07) is 3.54. The van der Waals surface area contributed by atoms with Gasteiger partial charge in [-0.1, -0.05) is 13.8 Å². The third-order valence-electron chi connectivity index (χ3n) is 3.24. The number of pyridine rings is 1. The molecule has 0 spiro atoms. The van der Waals surface area contributed by atoms with E-state index in [9.17, 15) is 4.79 Å². The van der Waals surface area contributed by atoms with Crippen LogP contribution in [0.1, 0.15) is 36.3 Å². The van der Waals surface area contributed by atoms with Gasteiger partial charge in [-0.25, -0.2) is 0 Å². The molecular formula is C13H19N3O. The van der Waals surface area contributed by atoms with E-state index < -0.39 is 0 Å². The standard InChI is InChI=1S/C13H19N3O/c1-13(2)4-6-16(9-13)12(17)10-3-5-15-11(7-10)8-14/h3,5,7H,4,6,8-9,14H2,1-2H3. The Labute approximate surface area is 102 Å². The number of hydrogen-bond acceptors (Lipinski definition) is 3. The number of aromatic nitrogens is 1. The third-order valence-corrected chi connectivity index (χ3v) is 3.24. The molecule has 2 heterocycles. The predicted molar refractivity (Wildman–Crippen MR) is 66.4 cm³/mol. The van der Waals surface area contributed by atoms with Gasteiger partial charge in [0.15, 0.2) is 0 Å². The van der Waals surface area contributed by atoms with Crippen LogP contribution in [-0.4, -0.2) is 28.9 Å². The first-order valence-electron chi connectivity index (χ1n) is 5.96. The summed E-state index contributed by atoms with van der Waals surface area (Å²) in [5.74, 6) is 0.0904. The van der Waals surface area contributed by atoms with Crippen molar-refractivity contribution >= 4 is 5.91 Å². The van der Waals surface area contributed by atoms with Crippen LogP contribution >= 0.6 is 0 Å². The van der Waals surface area contributed by atoms with Crippen LogP contribution in [0.3, 0.4) is 0 Å². The number of amides is 1. The second kappa shape index (κ2) is 4.45. The van der Waals surface area contributed by atoms with Gasteiger partial charge in [-0.15, -0.1) is 0 Å². The summed E-state index contributed by atoms with van der Waals surface area (Å²) in [5, 5.41) is 0. The van der Waals surface area contributed by atoms with Gasteiger partial charge in [0.05, 0.1) is 5.69 Å². The number of hydrogen-bond donors (Lipinski definition) is 1. The average Bonchev–Trinajstić information content (AvgIpc) is 2.69. The lowest BCUT2D eigenvalue weighted by Crippen LogP contribution is -2.30. The van der Waals surface area contributed by atoms with Gasteiger partial charge in [0, 0.05) is 31.4 Å². The van der Waals surface area contributed by atoms with Crippen molar-refractivity contribution in [3.05, 3.63) is 29.6 Å². The zero-order valence-electron chi connectivity index (χ0n) is 10.4. The van der Waals surface area contributed by atoms with Crippen LogP contribution in [0.15, 0.2) is 18.3 Å². The van der Waals surface area contributed by atoms with Crippen LogP contribution in [-0.2, 0) is 6.54 Å². The first kappa shape index (κ1) is 12.0. The lowest BCUT2D eigenvalue weighted by atomic mass is 9.93. The minimum atomic E-state index is 0.0904. The number of nitrogens with zero attached hydrogens (tertiary/aromatic N) is 2. The van der Waals surface area contributed by atoms with Gasteiger partial charge >= 0.3 is 0 Å². The summed E-state index contributed by atoms with van der Waals surface area (Å²) in [7, 11) is 0. The van der Waals surface area contributed by atoms with Gasteiger partial charge in [-0.05, 0) is 24.0 Å². The number of rotatable bonds is 2. The molecule has 0 aromatic carbocycles. The normalized spacial score (nSPS) is 18.4. The van der Waals surface area contributed by atoms with E-state index in [1.54, 1.807) is 18.3 Å². The maximum Gasteiger partial charge on any atom is 0.253 e. The second-order valence-electron chi connectivity index (χ2n) is 5.38.